The van der Waals surface area contributed by atoms with Crippen LogP contribution in [0.5, 0.6) is 6.01 Å². The topological polar surface area (TPSA) is 72.2 Å². The molecular formula is C23H27FN4O2. The van der Waals surface area contributed by atoms with E-state index in [0.29, 0.717) is 24.4 Å². The summed E-state index contributed by atoms with van der Waals surface area (Å²) in [4.78, 5) is 4.40. The van der Waals surface area contributed by atoms with E-state index in [1.54, 1.807) is 29.0 Å². The van der Waals surface area contributed by atoms with Crippen molar-refractivity contribution in [1.29, 1.82) is 0 Å². The van der Waals surface area contributed by atoms with Crippen molar-refractivity contribution in [3.8, 4) is 23.1 Å². The molecule has 1 heterocycles. The van der Waals surface area contributed by atoms with Crippen molar-refractivity contribution >= 4 is 5.69 Å². The molecule has 0 fully saturated rings. The number of benzene rings is 2. The number of anilines is 1. The number of nitrogens with zero attached hydrogens (tertiary/aromatic N) is 3. The van der Waals surface area contributed by atoms with Crippen LogP contribution in [-0.2, 0) is 0 Å². The van der Waals surface area contributed by atoms with Gasteiger partial charge in [0, 0.05) is 12.2 Å². The normalized spacial score (nSPS) is 12.0. The van der Waals surface area contributed by atoms with Crippen LogP contribution in [0.15, 0.2) is 61.2 Å². The first kappa shape index (κ1) is 21.5. The smallest absolute Gasteiger partial charge is 0.336 e. The number of aliphatic hydroxyl groups excluding tert-OH is 1. The minimum absolute atomic E-state index is 0.103. The van der Waals surface area contributed by atoms with E-state index in [2.05, 4.69) is 22.0 Å². The third kappa shape index (κ3) is 5.45. The lowest BCUT2D eigenvalue weighted by Crippen LogP contribution is -2.19. The number of aliphatic hydroxyl groups is 1. The maximum absolute atomic E-state index is 14.4. The Balaban J connectivity index is 1.84. The predicted molar refractivity (Wildman–Crippen MR) is 116 cm³/mol. The number of rotatable bonds is 10. The number of hydrogen-bond donors (Lipinski definition) is 2. The number of nitrogens with one attached hydrogen (secondary N) is 1. The number of allylic oxidation sites excluding steroid dienone is 1. The molecule has 3 aromatic rings. The SMILES string of the molecule is C=CCCC(O)CNc1ccc(-n2nc(OC(C)C)nc2-c2ccccc2F)cc1. The monoisotopic (exact) mass is 410 g/mol. The molecule has 7 heteroatoms. The molecule has 6 nitrogen and oxygen atoms in total. The predicted octanol–water partition coefficient (Wildman–Crippen LogP) is 4.60. The Bertz CT molecular complexity index is 970. The van der Waals surface area contributed by atoms with Crippen molar-refractivity contribution in [2.75, 3.05) is 11.9 Å². The van der Waals surface area contributed by atoms with Gasteiger partial charge in [-0.25, -0.2) is 9.07 Å². The third-order valence-electron chi connectivity index (χ3n) is 4.40. The van der Waals surface area contributed by atoms with Crippen LogP contribution in [0.2, 0.25) is 0 Å². The second kappa shape index (κ2) is 10.0. The Hall–Kier alpha value is -3.19. The van der Waals surface area contributed by atoms with Crippen LogP contribution in [0.3, 0.4) is 0 Å². The van der Waals surface area contributed by atoms with Gasteiger partial charge in [0.25, 0.3) is 0 Å². The van der Waals surface area contributed by atoms with Crippen molar-refractivity contribution in [1.82, 2.24) is 14.8 Å². The highest BCUT2D eigenvalue weighted by atomic mass is 19.1. The summed E-state index contributed by atoms with van der Waals surface area (Å²) in [6.45, 7) is 7.88. The molecule has 1 unspecified atom stereocenters. The van der Waals surface area contributed by atoms with Gasteiger partial charge in [0.2, 0.25) is 0 Å². The maximum atomic E-state index is 14.4. The molecule has 0 saturated carbocycles. The van der Waals surface area contributed by atoms with Gasteiger partial charge >= 0.3 is 6.01 Å². The van der Waals surface area contributed by atoms with Crippen molar-refractivity contribution in [2.24, 2.45) is 0 Å². The molecule has 2 aromatic carbocycles. The van der Waals surface area contributed by atoms with Crippen molar-refractivity contribution in [3.63, 3.8) is 0 Å². The van der Waals surface area contributed by atoms with Crippen LogP contribution >= 0.6 is 0 Å². The van der Waals surface area contributed by atoms with E-state index in [9.17, 15) is 9.50 Å². The molecular weight excluding hydrogens is 383 g/mol. The zero-order valence-electron chi connectivity index (χ0n) is 17.3. The van der Waals surface area contributed by atoms with E-state index in [-0.39, 0.29) is 17.9 Å². The van der Waals surface area contributed by atoms with E-state index in [4.69, 9.17) is 4.74 Å². The molecule has 1 aromatic heterocycles. The molecule has 0 saturated heterocycles. The fourth-order valence-corrected chi connectivity index (χ4v) is 2.92. The van der Waals surface area contributed by atoms with Crippen molar-refractivity contribution in [2.45, 2.75) is 38.9 Å². The van der Waals surface area contributed by atoms with Gasteiger partial charge in [-0.1, -0.05) is 18.2 Å². The molecule has 2 N–H and O–H groups in total. The lowest BCUT2D eigenvalue weighted by Gasteiger charge is -2.12. The average Bonchev–Trinajstić information content (AvgIpc) is 3.14. The van der Waals surface area contributed by atoms with E-state index in [1.807, 2.05) is 38.1 Å². The van der Waals surface area contributed by atoms with Crippen LogP contribution in [0, 0.1) is 5.82 Å². The maximum Gasteiger partial charge on any atom is 0.336 e. The first-order chi connectivity index (χ1) is 14.5. The molecule has 30 heavy (non-hydrogen) atoms. The van der Waals surface area contributed by atoms with Crippen molar-refractivity contribution < 1.29 is 14.2 Å². The third-order valence-corrected chi connectivity index (χ3v) is 4.40. The fourth-order valence-electron chi connectivity index (χ4n) is 2.92. The zero-order valence-corrected chi connectivity index (χ0v) is 17.3. The molecule has 0 spiro atoms. The number of ether oxygens (including phenoxy) is 1. The summed E-state index contributed by atoms with van der Waals surface area (Å²) >= 11 is 0. The summed E-state index contributed by atoms with van der Waals surface area (Å²) in [5.74, 6) is -0.0154. The molecule has 0 amide bonds. The molecule has 0 bridgehead atoms. The van der Waals surface area contributed by atoms with Gasteiger partial charge in [-0.15, -0.1) is 11.7 Å². The minimum Gasteiger partial charge on any atom is -0.460 e. The second-order valence-corrected chi connectivity index (χ2v) is 7.22. The summed E-state index contributed by atoms with van der Waals surface area (Å²) in [5, 5.41) is 17.6. The molecule has 1 atom stereocenters. The van der Waals surface area contributed by atoms with E-state index < -0.39 is 6.10 Å². The quantitative estimate of drug-likeness (QED) is 0.478. The van der Waals surface area contributed by atoms with Crippen LogP contribution in [0.1, 0.15) is 26.7 Å². The van der Waals surface area contributed by atoms with E-state index in [0.717, 1.165) is 17.8 Å². The lowest BCUT2D eigenvalue weighted by atomic mass is 10.2. The number of hydrogen-bond acceptors (Lipinski definition) is 5. The molecule has 0 aliphatic carbocycles. The standard InChI is InChI=1S/C23H27FN4O2/c1-4-5-8-19(29)15-25-17-11-13-18(14-12-17)28-22(20-9-6-7-10-21(20)24)26-23(27-28)30-16(2)3/h4,6-7,9-14,16,19,25,29H,1,5,8,15H2,2-3H3. The second-order valence-electron chi connectivity index (χ2n) is 7.22. The first-order valence-corrected chi connectivity index (χ1v) is 10.00. The van der Waals surface area contributed by atoms with Crippen LogP contribution < -0.4 is 10.1 Å². The summed E-state index contributed by atoms with van der Waals surface area (Å²) in [5.41, 5.74) is 1.93. The van der Waals surface area contributed by atoms with Crippen LogP contribution in [0.25, 0.3) is 17.1 Å². The first-order valence-electron chi connectivity index (χ1n) is 10.00. The van der Waals surface area contributed by atoms with Gasteiger partial charge in [0.1, 0.15) is 5.82 Å². The van der Waals surface area contributed by atoms with E-state index >= 15 is 0 Å². The van der Waals surface area contributed by atoms with E-state index in [1.165, 1.54) is 6.07 Å². The van der Waals surface area contributed by atoms with Crippen molar-refractivity contribution in [3.05, 3.63) is 67.0 Å². The van der Waals surface area contributed by atoms with Gasteiger partial charge in [0.15, 0.2) is 5.82 Å². The summed E-state index contributed by atoms with van der Waals surface area (Å²) < 4.78 is 21.6. The van der Waals surface area contributed by atoms with Gasteiger partial charge in [-0.2, -0.15) is 4.98 Å². The summed E-state index contributed by atoms with van der Waals surface area (Å²) in [6, 6.07) is 14.1. The molecule has 0 aliphatic heterocycles. The number of halogens is 1. The highest BCUT2D eigenvalue weighted by Crippen LogP contribution is 2.26. The largest absolute Gasteiger partial charge is 0.460 e. The highest BCUT2D eigenvalue weighted by Gasteiger charge is 2.18. The van der Waals surface area contributed by atoms with Gasteiger partial charge in [-0.05, 0) is 63.1 Å². The van der Waals surface area contributed by atoms with Gasteiger partial charge in [-0.3, -0.25) is 0 Å². The Morgan fingerprint density at radius 2 is 1.93 bits per heavy atom. The highest BCUT2D eigenvalue weighted by molar-refractivity contribution is 5.60. The van der Waals surface area contributed by atoms with Gasteiger partial charge in [0.05, 0.1) is 23.5 Å². The Morgan fingerprint density at radius 1 is 1.20 bits per heavy atom. The fraction of sp³-hybridized carbons (Fsp3) is 0.304. The molecule has 3 rings (SSSR count). The van der Waals surface area contributed by atoms with Crippen LogP contribution in [0.4, 0.5) is 10.1 Å². The Labute approximate surface area is 176 Å². The van der Waals surface area contributed by atoms with Crippen LogP contribution in [-0.4, -0.2) is 38.6 Å². The number of aromatic nitrogens is 3. The van der Waals surface area contributed by atoms with Gasteiger partial charge < -0.3 is 15.2 Å². The average molecular weight is 410 g/mol. The summed E-state index contributed by atoms with van der Waals surface area (Å²) in [7, 11) is 0. The Kier molecular flexibility index (Phi) is 7.19. The molecule has 0 aliphatic rings. The molecule has 0 radical (unpaired) electrons. The minimum atomic E-state index is -0.443. The zero-order chi connectivity index (χ0) is 21.5. The molecule has 158 valence electrons. The summed E-state index contributed by atoms with van der Waals surface area (Å²) in [6.07, 6.45) is 2.68. The lowest BCUT2D eigenvalue weighted by molar-refractivity contribution is 0.178. The Morgan fingerprint density at radius 3 is 2.60 bits per heavy atom.